The van der Waals surface area contributed by atoms with Crippen molar-refractivity contribution in [2.45, 2.75) is 38.2 Å². The number of carbonyl (C=O) groups is 1. The summed E-state index contributed by atoms with van der Waals surface area (Å²) in [7, 11) is 0. The van der Waals surface area contributed by atoms with Gasteiger partial charge in [-0.2, -0.15) is 0 Å². The largest absolute Gasteiger partial charge is 0.351 e. The van der Waals surface area contributed by atoms with Gasteiger partial charge in [0.2, 0.25) is 5.91 Å². The molecule has 2 aliphatic rings. The van der Waals surface area contributed by atoms with E-state index in [1.54, 1.807) is 0 Å². The summed E-state index contributed by atoms with van der Waals surface area (Å²) in [6.45, 7) is 3.30. The van der Waals surface area contributed by atoms with Crippen LogP contribution >= 0.6 is 0 Å². The molecule has 0 saturated heterocycles. The number of alkyl halides is 2. The van der Waals surface area contributed by atoms with Crippen LogP contribution in [0.25, 0.3) is 0 Å². The molecule has 0 spiro atoms. The first-order chi connectivity index (χ1) is 5.87. The number of halogens is 2. The zero-order valence-corrected chi connectivity index (χ0v) is 7.73. The van der Waals surface area contributed by atoms with E-state index in [2.05, 4.69) is 5.32 Å². The molecule has 1 amide bonds. The van der Waals surface area contributed by atoms with E-state index >= 15 is 0 Å². The van der Waals surface area contributed by atoms with E-state index in [0.717, 1.165) is 12.8 Å². The summed E-state index contributed by atoms with van der Waals surface area (Å²) in [4.78, 5) is 11.3. The van der Waals surface area contributed by atoms with Crippen molar-refractivity contribution < 1.29 is 13.6 Å². The molecule has 2 aliphatic carbocycles. The van der Waals surface area contributed by atoms with E-state index in [0.29, 0.717) is 0 Å². The normalized spacial score (nSPS) is 38.2. The lowest BCUT2D eigenvalue weighted by molar-refractivity contribution is -0.125. The molecule has 4 heteroatoms. The summed E-state index contributed by atoms with van der Waals surface area (Å²) in [5, 5.41) is 2.66. The van der Waals surface area contributed by atoms with Crippen molar-refractivity contribution in [3.63, 3.8) is 0 Å². The fraction of sp³-hybridized carbons (Fsp3) is 0.889. The van der Waals surface area contributed by atoms with Crippen LogP contribution in [0.1, 0.15) is 26.7 Å². The lowest BCUT2D eigenvalue weighted by Gasteiger charge is -2.10. The first-order valence-electron chi connectivity index (χ1n) is 4.57. The van der Waals surface area contributed by atoms with Crippen molar-refractivity contribution in [3.8, 4) is 0 Å². The minimum Gasteiger partial charge on any atom is -0.351 e. The summed E-state index contributed by atoms with van der Waals surface area (Å²) in [6.07, 6.45) is 1.82. The quantitative estimate of drug-likeness (QED) is 0.701. The van der Waals surface area contributed by atoms with Crippen LogP contribution in [0.3, 0.4) is 0 Å². The van der Waals surface area contributed by atoms with E-state index in [1.807, 2.05) is 6.92 Å². The van der Waals surface area contributed by atoms with Gasteiger partial charge in [-0.25, -0.2) is 8.78 Å². The zero-order chi connectivity index (χ0) is 9.85. The maximum Gasteiger partial charge on any atom is 0.263 e. The molecule has 1 N–H and O–H groups in total. The third-order valence-electron chi connectivity index (χ3n) is 3.12. The molecule has 0 aromatic heterocycles. The summed E-state index contributed by atoms with van der Waals surface area (Å²) in [5.74, 6) is -5.10. The summed E-state index contributed by atoms with van der Waals surface area (Å²) in [5.41, 5.74) is -0.185. The van der Waals surface area contributed by atoms with Crippen molar-refractivity contribution >= 4 is 5.91 Å². The topological polar surface area (TPSA) is 29.1 Å². The van der Waals surface area contributed by atoms with Gasteiger partial charge in [0.15, 0.2) is 0 Å². The van der Waals surface area contributed by atoms with Crippen LogP contribution in [0.5, 0.6) is 0 Å². The average molecular weight is 189 g/mol. The van der Waals surface area contributed by atoms with Crippen molar-refractivity contribution in [3.05, 3.63) is 0 Å². The van der Waals surface area contributed by atoms with Gasteiger partial charge in [0, 0.05) is 11.5 Å². The molecule has 2 fully saturated rings. The number of amides is 1. The van der Waals surface area contributed by atoms with Crippen molar-refractivity contribution in [1.29, 1.82) is 0 Å². The number of hydrogen-bond acceptors (Lipinski definition) is 1. The molecule has 0 aromatic carbocycles. The highest BCUT2D eigenvalue weighted by Crippen LogP contribution is 2.55. The highest BCUT2D eigenvalue weighted by molar-refractivity contribution is 5.84. The van der Waals surface area contributed by atoms with E-state index in [9.17, 15) is 13.6 Å². The molecular formula is C9H13F2NO. The molecule has 2 saturated carbocycles. The zero-order valence-electron chi connectivity index (χ0n) is 7.73. The maximum absolute atomic E-state index is 12.8. The van der Waals surface area contributed by atoms with Gasteiger partial charge < -0.3 is 5.32 Å². The predicted molar refractivity (Wildman–Crippen MR) is 43.4 cm³/mol. The number of rotatable bonds is 2. The van der Waals surface area contributed by atoms with Gasteiger partial charge in [0.25, 0.3) is 5.92 Å². The van der Waals surface area contributed by atoms with E-state index < -0.39 is 23.7 Å². The molecule has 2 nitrogen and oxygen atoms in total. The van der Waals surface area contributed by atoms with Gasteiger partial charge in [-0.3, -0.25) is 4.79 Å². The summed E-state index contributed by atoms with van der Waals surface area (Å²) in [6, 6.07) is 0. The predicted octanol–water partition coefficient (Wildman–Crippen LogP) is 1.56. The lowest BCUT2D eigenvalue weighted by Crippen LogP contribution is -2.36. The Labute approximate surface area is 75.7 Å². The van der Waals surface area contributed by atoms with Gasteiger partial charge in [0.05, 0.1) is 0 Å². The Morgan fingerprint density at radius 2 is 1.92 bits per heavy atom. The van der Waals surface area contributed by atoms with Crippen LogP contribution in [0.2, 0.25) is 0 Å². The fourth-order valence-electron chi connectivity index (χ4n) is 1.57. The smallest absolute Gasteiger partial charge is 0.263 e. The molecule has 2 atom stereocenters. The first-order valence-corrected chi connectivity index (χ1v) is 4.57. The van der Waals surface area contributed by atoms with Crippen LogP contribution < -0.4 is 5.32 Å². The van der Waals surface area contributed by atoms with Crippen LogP contribution in [0.15, 0.2) is 0 Å². The third kappa shape index (κ3) is 1.32. The SMILES string of the molecule is CC1C(C(=O)NC2(C)CC2)C1(F)F. The van der Waals surface area contributed by atoms with Crippen LogP contribution in [-0.4, -0.2) is 17.4 Å². The summed E-state index contributed by atoms with van der Waals surface area (Å²) < 4.78 is 25.6. The fourth-order valence-corrected chi connectivity index (χ4v) is 1.57. The highest BCUT2D eigenvalue weighted by atomic mass is 19.3. The molecule has 0 heterocycles. The Kier molecular flexibility index (Phi) is 1.52. The van der Waals surface area contributed by atoms with Crippen molar-refractivity contribution in [2.24, 2.45) is 11.8 Å². The van der Waals surface area contributed by atoms with Crippen LogP contribution in [-0.2, 0) is 4.79 Å². The van der Waals surface area contributed by atoms with Gasteiger partial charge >= 0.3 is 0 Å². The van der Waals surface area contributed by atoms with Gasteiger partial charge in [0.1, 0.15) is 5.92 Å². The Bertz CT molecular complexity index is 260. The minimum atomic E-state index is -2.77. The molecule has 13 heavy (non-hydrogen) atoms. The van der Waals surface area contributed by atoms with E-state index in [1.165, 1.54) is 6.92 Å². The Morgan fingerprint density at radius 1 is 1.46 bits per heavy atom. The third-order valence-corrected chi connectivity index (χ3v) is 3.12. The van der Waals surface area contributed by atoms with Crippen molar-refractivity contribution in [2.75, 3.05) is 0 Å². The molecular weight excluding hydrogens is 176 g/mol. The van der Waals surface area contributed by atoms with Crippen molar-refractivity contribution in [1.82, 2.24) is 5.32 Å². The van der Waals surface area contributed by atoms with Gasteiger partial charge in [-0.05, 0) is 19.8 Å². The molecule has 2 unspecified atom stereocenters. The number of carbonyl (C=O) groups excluding carboxylic acids is 1. The average Bonchev–Trinajstić information content (AvgIpc) is 2.77. The number of hydrogen-bond donors (Lipinski definition) is 1. The Balaban J connectivity index is 1.93. The molecule has 74 valence electrons. The maximum atomic E-state index is 12.8. The molecule has 2 rings (SSSR count). The molecule has 0 aromatic rings. The monoisotopic (exact) mass is 189 g/mol. The molecule has 0 aliphatic heterocycles. The van der Waals surface area contributed by atoms with Crippen LogP contribution in [0.4, 0.5) is 8.78 Å². The second-order valence-electron chi connectivity index (χ2n) is 4.49. The Hall–Kier alpha value is -0.670. The second-order valence-corrected chi connectivity index (χ2v) is 4.49. The number of nitrogens with one attached hydrogen (secondary N) is 1. The Morgan fingerprint density at radius 3 is 2.23 bits per heavy atom. The highest BCUT2D eigenvalue weighted by Gasteiger charge is 2.69. The summed E-state index contributed by atoms with van der Waals surface area (Å²) >= 11 is 0. The first kappa shape index (κ1) is 8.91. The van der Waals surface area contributed by atoms with E-state index in [-0.39, 0.29) is 5.54 Å². The van der Waals surface area contributed by atoms with E-state index in [4.69, 9.17) is 0 Å². The molecule has 0 bridgehead atoms. The lowest BCUT2D eigenvalue weighted by atomic mass is 10.2. The van der Waals surface area contributed by atoms with Crippen LogP contribution in [0, 0.1) is 11.8 Å². The van der Waals surface area contributed by atoms with Gasteiger partial charge in [-0.1, -0.05) is 6.92 Å². The molecule has 0 radical (unpaired) electrons. The van der Waals surface area contributed by atoms with Gasteiger partial charge in [-0.15, -0.1) is 0 Å². The minimum absolute atomic E-state index is 0.185. The second kappa shape index (κ2) is 2.22. The standard InChI is InChI=1S/C9H13F2NO/c1-5-6(9(5,10)11)7(13)12-8(2)3-4-8/h5-6H,3-4H2,1-2H3,(H,12,13).